The lowest BCUT2D eigenvalue weighted by Crippen LogP contribution is -2.40. The standard InChI is InChI=1S/C25H31NO6/c1-3-13-31-21-9-7-19(8-10-21)23(27)26-17-20-15-18(6-11-22(20)30-4-2)16-25(24(28)29)12-5-14-32-25/h6-11,15H,3-5,12-14,16-17H2,1-2H3,(H,26,27)(H,28,29)/t25-/m1/s1. The van der Waals surface area contributed by atoms with E-state index in [1.807, 2.05) is 32.0 Å². The van der Waals surface area contributed by atoms with Gasteiger partial charge in [0.1, 0.15) is 11.5 Å². The highest BCUT2D eigenvalue weighted by Crippen LogP contribution is 2.31. The second kappa shape index (κ2) is 11.0. The Bertz CT molecular complexity index is 919. The van der Waals surface area contributed by atoms with Crippen LogP contribution < -0.4 is 14.8 Å². The van der Waals surface area contributed by atoms with Crippen LogP contribution in [-0.4, -0.2) is 42.4 Å². The molecule has 1 atom stereocenters. The van der Waals surface area contributed by atoms with Crippen LogP contribution in [0.5, 0.6) is 11.5 Å². The van der Waals surface area contributed by atoms with E-state index >= 15 is 0 Å². The summed E-state index contributed by atoms with van der Waals surface area (Å²) in [6, 6.07) is 12.6. The first-order valence-corrected chi connectivity index (χ1v) is 11.1. The molecule has 2 aromatic carbocycles. The zero-order chi connectivity index (χ0) is 23.0. The molecule has 7 nitrogen and oxygen atoms in total. The maximum absolute atomic E-state index is 12.6. The highest BCUT2D eigenvalue weighted by atomic mass is 16.5. The van der Waals surface area contributed by atoms with Gasteiger partial charge < -0.3 is 24.6 Å². The number of carboxylic acid groups (broad SMARTS) is 1. The zero-order valence-corrected chi connectivity index (χ0v) is 18.7. The Morgan fingerprint density at radius 3 is 2.53 bits per heavy atom. The van der Waals surface area contributed by atoms with Crippen LogP contribution in [0.2, 0.25) is 0 Å². The number of carbonyl (C=O) groups is 2. The van der Waals surface area contributed by atoms with E-state index in [2.05, 4.69) is 5.32 Å². The molecule has 7 heteroatoms. The molecule has 0 bridgehead atoms. The number of carboxylic acids is 1. The molecule has 0 spiro atoms. The number of carbonyl (C=O) groups excluding carboxylic acids is 1. The molecule has 1 amide bonds. The third kappa shape index (κ3) is 5.79. The molecule has 0 radical (unpaired) electrons. The number of hydrogen-bond donors (Lipinski definition) is 2. The summed E-state index contributed by atoms with van der Waals surface area (Å²) in [5, 5.41) is 12.6. The topological polar surface area (TPSA) is 94.1 Å². The lowest BCUT2D eigenvalue weighted by molar-refractivity contribution is -0.159. The molecule has 0 aliphatic carbocycles. The molecule has 3 rings (SSSR count). The zero-order valence-electron chi connectivity index (χ0n) is 18.7. The van der Waals surface area contributed by atoms with Gasteiger partial charge in [0.25, 0.3) is 5.91 Å². The molecule has 172 valence electrons. The minimum Gasteiger partial charge on any atom is -0.494 e. The predicted octanol–water partition coefficient (Wildman–Crippen LogP) is 3.98. The maximum Gasteiger partial charge on any atom is 0.336 e. The Balaban J connectivity index is 1.70. The quantitative estimate of drug-likeness (QED) is 0.548. The number of nitrogens with one attached hydrogen (secondary N) is 1. The van der Waals surface area contributed by atoms with E-state index in [9.17, 15) is 14.7 Å². The molecule has 1 aliphatic heterocycles. The third-order valence-corrected chi connectivity index (χ3v) is 5.44. The third-order valence-electron chi connectivity index (χ3n) is 5.44. The highest BCUT2D eigenvalue weighted by molar-refractivity contribution is 5.94. The molecule has 0 saturated carbocycles. The molecule has 2 aromatic rings. The van der Waals surface area contributed by atoms with Gasteiger partial charge in [0, 0.05) is 30.7 Å². The summed E-state index contributed by atoms with van der Waals surface area (Å²) < 4.78 is 16.9. The number of rotatable bonds is 11. The smallest absolute Gasteiger partial charge is 0.336 e. The first kappa shape index (κ1) is 23.6. The van der Waals surface area contributed by atoms with Crippen molar-refractivity contribution in [1.29, 1.82) is 0 Å². The Labute approximate surface area is 188 Å². The van der Waals surface area contributed by atoms with E-state index in [0.29, 0.717) is 37.6 Å². The predicted molar refractivity (Wildman–Crippen MR) is 120 cm³/mol. The van der Waals surface area contributed by atoms with Crippen molar-refractivity contribution in [1.82, 2.24) is 5.32 Å². The van der Waals surface area contributed by atoms with Crippen molar-refractivity contribution in [3.63, 3.8) is 0 Å². The van der Waals surface area contributed by atoms with Gasteiger partial charge in [0.15, 0.2) is 5.60 Å². The summed E-state index contributed by atoms with van der Waals surface area (Å²) >= 11 is 0. The van der Waals surface area contributed by atoms with Crippen molar-refractivity contribution in [3.05, 3.63) is 59.2 Å². The second-order valence-corrected chi connectivity index (χ2v) is 7.86. The maximum atomic E-state index is 12.6. The van der Waals surface area contributed by atoms with Crippen LogP contribution in [-0.2, 0) is 22.5 Å². The highest BCUT2D eigenvalue weighted by Gasteiger charge is 2.43. The van der Waals surface area contributed by atoms with Gasteiger partial charge in [-0.25, -0.2) is 4.79 Å². The van der Waals surface area contributed by atoms with Crippen molar-refractivity contribution >= 4 is 11.9 Å². The molecule has 32 heavy (non-hydrogen) atoms. The lowest BCUT2D eigenvalue weighted by atomic mass is 9.91. The summed E-state index contributed by atoms with van der Waals surface area (Å²) in [6.07, 6.45) is 2.41. The van der Waals surface area contributed by atoms with E-state index in [0.717, 1.165) is 29.7 Å². The fourth-order valence-corrected chi connectivity index (χ4v) is 3.79. The van der Waals surface area contributed by atoms with Gasteiger partial charge in [-0.3, -0.25) is 4.79 Å². The van der Waals surface area contributed by atoms with Crippen molar-refractivity contribution in [2.24, 2.45) is 0 Å². The van der Waals surface area contributed by atoms with Gasteiger partial charge in [-0.2, -0.15) is 0 Å². The van der Waals surface area contributed by atoms with Crippen molar-refractivity contribution in [3.8, 4) is 11.5 Å². The van der Waals surface area contributed by atoms with Gasteiger partial charge in [-0.1, -0.05) is 19.1 Å². The molecule has 0 aromatic heterocycles. The van der Waals surface area contributed by atoms with Gasteiger partial charge in [0.05, 0.1) is 13.2 Å². The molecular formula is C25H31NO6. The first-order chi connectivity index (χ1) is 15.5. The number of aliphatic carboxylic acids is 1. The summed E-state index contributed by atoms with van der Waals surface area (Å²) in [5.41, 5.74) is 0.973. The molecule has 1 saturated heterocycles. The van der Waals surface area contributed by atoms with E-state index in [-0.39, 0.29) is 18.9 Å². The number of amides is 1. The van der Waals surface area contributed by atoms with Gasteiger partial charge in [-0.15, -0.1) is 0 Å². The van der Waals surface area contributed by atoms with E-state index in [1.165, 1.54) is 0 Å². The first-order valence-electron chi connectivity index (χ1n) is 11.1. The molecule has 1 heterocycles. The van der Waals surface area contributed by atoms with Gasteiger partial charge in [-0.05, 0) is 62.1 Å². The lowest BCUT2D eigenvalue weighted by Gasteiger charge is -2.24. The largest absolute Gasteiger partial charge is 0.494 e. The fraction of sp³-hybridized carbons (Fsp3) is 0.440. The van der Waals surface area contributed by atoms with Crippen LogP contribution in [0.1, 0.15) is 54.6 Å². The van der Waals surface area contributed by atoms with E-state index in [4.69, 9.17) is 14.2 Å². The fourth-order valence-electron chi connectivity index (χ4n) is 3.79. The van der Waals surface area contributed by atoms with E-state index < -0.39 is 11.6 Å². The van der Waals surface area contributed by atoms with Gasteiger partial charge >= 0.3 is 5.97 Å². The van der Waals surface area contributed by atoms with Crippen LogP contribution in [0.25, 0.3) is 0 Å². The second-order valence-electron chi connectivity index (χ2n) is 7.86. The Morgan fingerprint density at radius 2 is 1.91 bits per heavy atom. The van der Waals surface area contributed by atoms with Gasteiger partial charge in [0.2, 0.25) is 0 Å². The normalized spacial score (nSPS) is 17.7. The average Bonchev–Trinajstić information content (AvgIpc) is 3.28. The number of benzene rings is 2. The van der Waals surface area contributed by atoms with Crippen molar-refractivity contribution in [2.75, 3.05) is 19.8 Å². The Morgan fingerprint density at radius 1 is 1.12 bits per heavy atom. The van der Waals surface area contributed by atoms with Crippen LogP contribution in [0, 0.1) is 0 Å². The molecule has 0 unspecified atom stereocenters. The van der Waals surface area contributed by atoms with Crippen LogP contribution in [0.4, 0.5) is 0 Å². The Hall–Kier alpha value is -3.06. The molecule has 1 aliphatic rings. The average molecular weight is 442 g/mol. The monoisotopic (exact) mass is 441 g/mol. The van der Waals surface area contributed by atoms with Crippen molar-refractivity contribution in [2.45, 2.75) is 51.7 Å². The van der Waals surface area contributed by atoms with Crippen LogP contribution in [0.15, 0.2) is 42.5 Å². The molecule has 1 fully saturated rings. The minimum atomic E-state index is -1.19. The number of ether oxygens (including phenoxy) is 3. The summed E-state index contributed by atoms with van der Waals surface area (Å²) in [7, 11) is 0. The van der Waals surface area contributed by atoms with Crippen LogP contribution >= 0.6 is 0 Å². The van der Waals surface area contributed by atoms with Crippen molar-refractivity contribution < 1.29 is 28.9 Å². The minimum absolute atomic E-state index is 0.207. The molecular weight excluding hydrogens is 410 g/mol. The summed E-state index contributed by atoms with van der Waals surface area (Å²) in [4.78, 5) is 24.4. The van der Waals surface area contributed by atoms with E-state index in [1.54, 1.807) is 24.3 Å². The van der Waals surface area contributed by atoms with Crippen LogP contribution in [0.3, 0.4) is 0 Å². The summed E-state index contributed by atoms with van der Waals surface area (Å²) in [5.74, 6) is 0.249. The number of hydrogen-bond acceptors (Lipinski definition) is 5. The SMILES string of the molecule is CCCOc1ccc(C(=O)NCc2cc(C[C@@]3(C(=O)O)CCCO3)ccc2OCC)cc1. The summed E-state index contributed by atoms with van der Waals surface area (Å²) in [6.45, 7) is 5.77. The molecule has 2 N–H and O–H groups in total. The Kier molecular flexibility index (Phi) is 8.11.